The van der Waals surface area contributed by atoms with Crippen LogP contribution in [0.25, 0.3) is 11.8 Å². The number of carbonyl (C=O) groups excluding carboxylic acids is 1. The maximum atomic E-state index is 12.8. The highest BCUT2D eigenvalue weighted by Gasteiger charge is 2.29. The molecule has 22 heavy (non-hydrogen) atoms. The van der Waals surface area contributed by atoms with Gasteiger partial charge in [-0.25, -0.2) is 0 Å². The van der Waals surface area contributed by atoms with Crippen LogP contribution in [0.3, 0.4) is 0 Å². The zero-order chi connectivity index (χ0) is 15.5. The van der Waals surface area contributed by atoms with Gasteiger partial charge in [0.15, 0.2) is 6.23 Å². The molecule has 0 aliphatic carbocycles. The van der Waals surface area contributed by atoms with Crippen molar-refractivity contribution < 1.29 is 9.53 Å². The predicted molar refractivity (Wildman–Crippen MR) is 82.6 cm³/mol. The van der Waals surface area contributed by atoms with E-state index >= 15 is 0 Å². The van der Waals surface area contributed by atoms with E-state index in [-0.39, 0.29) is 5.91 Å². The van der Waals surface area contributed by atoms with Crippen LogP contribution < -0.4 is 10.4 Å². The lowest BCUT2D eigenvalue weighted by molar-refractivity contribution is 0.0370. The maximum Gasteiger partial charge on any atom is 0.261 e. The first-order valence-electron chi connectivity index (χ1n) is 6.89. The van der Waals surface area contributed by atoms with Crippen LogP contribution in [0.2, 0.25) is 0 Å². The predicted octanol–water partition coefficient (Wildman–Crippen LogP) is 1.23. The molecule has 0 bridgehead atoms. The Morgan fingerprint density at radius 1 is 1.14 bits per heavy atom. The topological polar surface area (TPSA) is 53.3 Å². The minimum absolute atomic E-state index is 0.255. The van der Waals surface area contributed by atoms with Gasteiger partial charge in [-0.15, -0.1) is 0 Å². The van der Waals surface area contributed by atoms with Crippen molar-refractivity contribution in [2.24, 2.45) is 0 Å². The molecule has 0 radical (unpaired) electrons. The minimum atomic E-state index is -0.600. The van der Waals surface area contributed by atoms with Gasteiger partial charge >= 0.3 is 0 Å². The van der Waals surface area contributed by atoms with Crippen LogP contribution in [0.15, 0.2) is 54.6 Å². The largest absolute Gasteiger partial charge is 0.357 e. The SMILES string of the molecule is COC1C=c2ccccc2=C(C#N)N1C(=O)c1ccccc1. The average molecular weight is 290 g/mol. The molecule has 4 heteroatoms. The van der Waals surface area contributed by atoms with Gasteiger partial charge in [0.1, 0.15) is 11.8 Å². The second-order valence-electron chi connectivity index (χ2n) is 4.88. The molecule has 0 saturated heterocycles. The molecule has 3 rings (SSSR count). The molecule has 1 aliphatic heterocycles. The van der Waals surface area contributed by atoms with Gasteiger partial charge in [-0.05, 0) is 23.4 Å². The molecular weight excluding hydrogens is 276 g/mol. The lowest BCUT2D eigenvalue weighted by atomic mass is 10.1. The highest BCUT2D eigenvalue weighted by molar-refractivity contribution is 6.00. The monoisotopic (exact) mass is 290 g/mol. The molecule has 0 spiro atoms. The van der Waals surface area contributed by atoms with Gasteiger partial charge in [-0.3, -0.25) is 9.69 Å². The van der Waals surface area contributed by atoms with Crippen molar-refractivity contribution in [2.45, 2.75) is 6.23 Å². The molecule has 1 aliphatic rings. The number of hydrogen-bond donors (Lipinski definition) is 0. The third-order valence-electron chi connectivity index (χ3n) is 3.62. The minimum Gasteiger partial charge on any atom is -0.357 e. The Bertz CT molecular complexity index is 866. The second-order valence-corrected chi connectivity index (χ2v) is 4.88. The first-order valence-corrected chi connectivity index (χ1v) is 6.89. The van der Waals surface area contributed by atoms with Gasteiger partial charge in [0, 0.05) is 17.9 Å². The fourth-order valence-electron chi connectivity index (χ4n) is 2.57. The molecule has 0 saturated carbocycles. The summed E-state index contributed by atoms with van der Waals surface area (Å²) in [6, 6.07) is 18.5. The summed E-state index contributed by atoms with van der Waals surface area (Å²) in [5.41, 5.74) is 0.823. The first kappa shape index (κ1) is 14.1. The number of nitriles is 1. The van der Waals surface area contributed by atoms with Crippen molar-refractivity contribution in [2.75, 3.05) is 7.11 Å². The summed E-state index contributed by atoms with van der Waals surface area (Å²) in [6.07, 6.45) is 1.24. The molecule has 1 heterocycles. The Kier molecular flexibility index (Phi) is 3.73. The smallest absolute Gasteiger partial charge is 0.261 e. The van der Waals surface area contributed by atoms with E-state index in [2.05, 4.69) is 6.07 Å². The van der Waals surface area contributed by atoms with Crippen molar-refractivity contribution >= 4 is 17.7 Å². The summed E-state index contributed by atoms with van der Waals surface area (Å²) in [7, 11) is 1.52. The normalized spacial score (nSPS) is 16.5. The molecule has 0 N–H and O–H groups in total. The van der Waals surface area contributed by atoms with E-state index in [4.69, 9.17) is 4.74 Å². The Morgan fingerprint density at radius 3 is 2.50 bits per heavy atom. The fraction of sp³-hybridized carbons (Fsp3) is 0.111. The lowest BCUT2D eigenvalue weighted by Gasteiger charge is -2.30. The van der Waals surface area contributed by atoms with Crippen molar-refractivity contribution in [1.29, 1.82) is 5.26 Å². The van der Waals surface area contributed by atoms with Gasteiger partial charge in [0.05, 0.1) is 0 Å². The first-order chi connectivity index (χ1) is 10.8. The van der Waals surface area contributed by atoms with Crippen LogP contribution in [0.4, 0.5) is 0 Å². The van der Waals surface area contributed by atoms with Crippen LogP contribution in [0, 0.1) is 11.3 Å². The van der Waals surface area contributed by atoms with E-state index in [0.29, 0.717) is 11.3 Å². The number of amides is 1. The highest BCUT2D eigenvalue weighted by Crippen LogP contribution is 2.18. The number of benzene rings is 2. The van der Waals surface area contributed by atoms with Crippen molar-refractivity contribution in [3.05, 3.63) is 70.6 Å². The second kappa shape index (κ2) is 5.84. The average Bonchev–Trinajstić information content (AvgIpc) is 2.60. The number of nitrogens with zero attached hydrogens (tertiary/aromatic N) is 2. The lowest BCUT2D eigenvalue weighted by Crippen LogP contribution is -2.48. The van der Waals surface area contributed by atoms with E-state index in [1.807, 2.05) is 36.4 Å². The van der Waals surface area contributed by atoms with Gasteiger partial charge < -0.3 is 4.74 Å². The van der Waals surface area contributed by atoms with Crippen molar-refractivity contribution in [3.8, 4) is 6.07 Å². The summed E-state index contributed by atoms with van der Waals surface area (Å²) in [6.45, 7) is 0. The van der Waals surface area contributed by atoms with Gasteiger partial charge in [-0.1, -0.05) is 42.5 Å². The Hall–Kier alpha value is -2.90. The van der Waals surface area contributed by atoms with Crippen molar-refractivity contribution in [3.63, 3.8) is 0 Å². The van der Waals surface area contributed by atoms with Crippen LogP contribution in [-0.4, -0.2) is 24.1 Å². The van der Waals surface area contributed by atoms with E-state index < -0.39 is 6.23 Å². The van der Waals surface area contributed by atoms with E-state index in [1.165, 1.54) is 12.0 Å². The summed E-state index contributed by atoms with van der Waals surface area (Å²) in [5, 5.41) is 11.2. The molecular formula is C18H14N2O2. The summed E-state index contributed by atoms with van der Waals surface area (Å²) in [5.74, 6) is -0.255. The summed E-state index contributed by atoms with van der Waals surface area (Å²) in [4.78, 5) is 14.2. The van der Waals surface area contributed by atoms with Crippen LogP contribution in [0.1, 0.15) is 10.4 Å². The Balaban J connectivity index is 2.20. The van der Waals surface area contributed by atoms with Gasteiger partial charge in [0.25, 0.3) is 5.91 Å². The molecule has 4 nitrogen and oxygen atoms in total. The number of methoxy groups -OCH3 is 1. The number of hydrogen-bond acceptors (Lipinski definition) is 3. The molecule has 108 valence electrons. The number of rotatable bonds is 2. The Labute approximate surface area is 128 Å². The zero-order valence-corrected chi connectivity index (χ0v) is 12.1. The maximum absolute atomic E-state index is 12.8. The van der Waals surface area contributed by atoms with Gasteiger partial charge in [0.2, 0.25) is 0 Å². The molecule has 0 aromatic heterocycles. The highest BCUT2D eigenvalue weighted by atomic mass is 16.5. The van der Waals surface area contributed by atoms with Crippen LogP contribution in [-0.2, 0) is 4.74 Å². The van der Waals surface area contributed by atoms with Crippen LogP contribution in [0.5, 0.6) is 0 Å². The van der Waals surface area contributed by atoms with E-state index in [9.17, 15) is 10.1 Å². The molecule has 1 unspecified atom stereocenters. The molecule has 0 fully saturated rings. The molecule has 1 amide bonds. The van der Waals surface area contributed by atoms with E-state index in [1.54, 1.807) is 24.3 Å². The number of fused-ring (bicyclic) bond motifs is 1. The Morgan fingerprint density at radius 2 is 1.82 bits per heavy atom. The summed E-state index contributed by atoms with van der Waals surface area (Å²) < 4.78 is 5.41. The third kappa shape index (κ3) is 2.28. The quantitative estimate of drug-likeness (QED) is 0.836. The van der Waals surface area contributed by atoms with Crippen molar-refractivity contribution in [1.82, 2.24) is 4.90 Å². The molecule has 1 atom stereocenters. The summed E-state index contributed by atoms with van der Waals surface area (Å²) >= 11 is 0. The zero-order valence-electron chi connectivity index (χ0n) is 12.1. The third-order valence-corrected chi connectivity index (χ3v) is 3.62. The van der Waals surface area contributed by atoms with Crippen LogP contribution >= 0.6 is 0 Å². The standard InChI is InChI=1S/C18H14N2O2/c1-22-17-11-14-9-5-6-10-15(14)16(12-19)20(17)18(21)13-7-3-2-4-8-13/h2-11,17H,1H3. The number of carbonyl (C=O) groups is 1. The van der Waals surface area contributed by atoms with Gasteiger partial charge in [-0.2, -0.15) is 5.26 Å². The fourth-order valence-corrected chi connectivity index (χ4v) is 2.57. The molecule has 2 aromatic rings. The molecule has 2 aromatic carbocycles. The number of ether oxygens (including phenoxy) is 1. The van der Waals surface area contributed by atoms with E-state index in [0.717, 1.165) is 10.4 Å².